The predicted molar refractivity (Wildman–Crippen MR) is 79.8 cm³/mol. The van der Waals surface area contributed by atoms with Gasteiger partial charge in [-0.3, -0.25) is 14.9 Å². The van der Waals surface area contributed by atoms with Crippen LogP contribution in [-0.4, -0.2) is 23.4 Å². The van der Waals surface area contributed by atoms with Crippen molar-refractivity contribution in [2.45, 2.75) is 31.7 Å². The summed E-state index contributed by atoms with van der Waals surface area (Å²) in [5, 5.41) is 13.8. The number of nitro benzene ring substituents is 1. The summed E-state index contributed by atoms with van der Waals surface area (Å²) in [5.41, 5.74) is 11.3. The maximum Gasteiger partial charge on any atom is 0.292 e. The Balaban J connectivity index is 2.13. The number of amides is 1. The van der Waals surface area contributed by atoms with Crippen molar-refractivity contribution in [3.8, 4) is 0 Å². The molecule has 2 atom stereocenters. The van der Waals surface area contributed by atoms with Crippen LogP contribution in [0.4, 0.5) is 11.4 Å². The highest BCUT2D eigenvalue weighted by molar-refractivity contribution is 5.95. The van der Waals surface area contributed by atoms with Gasteiger partial charge in [-0.2, -0.15) is 0 Å². The molecule has 7 heteroatoms. The van der Waals surface area contributed by atoms with E-state index in [0.717, 1.165) is 25.7 Å². The molecule has 1 aromatic rings. The molecule has 0 radical (unpaired) electrons. The first kappa shape index (κ1) is 15.2. The molecule has 0 bridgehead atoms. The summed E-state index contributed by atoms with van der Waals surface area (Å²) in [7, 11) is 0. The van der Waals surface area contributed by atoms with E-state index in [1.807, 2.05) is 0 Å². The van der Waals surface area contributed by atoms with Crippen LogP contribution in [0.15, 0.2) is 18.2 Å². The largest absolute Gasteiger partial charge is 0.393 e. The van der Waals surface area contributed by atoms with Gasteiger partial charge in [-0.15, -0.1) is 0 Å². The number of rotatable bonds is 4. The zero-order valence-electron chi connectivity index (χ0n) is 11.7. The molecule has 1 aromatic carbocycles. The van der Waals surface area contributed by atoms with Crippen molar-refractivity contribution in [1.29, 1.82) is 0 Å². The van der Waals surface area contributed by atoms with Crippen LogP contribution < -0.4 is 16.8 Å². The molecule has 1 aliphatic rings. The Morgan fingerprint density at radius 2 is 2.10 bits per heavy atom. The second kappa shape index (κ2) is 6.53. The van der Waals surface area contributed by atoms with Gasteiger partial charge in [-0.25, -0.2) is 0 Å². The number of carbonyl (C=O) groups excluding carboxylic acids is 1. The molecular weight excluding hydrogens is 272 g/mol. The zero-order valence-corrected chi connectivity index (χ0v) is 11.7. The van der Waals surface area contributed by atoms with E-state index in [-0.39, 0.29) is 34.8 Å². The van der Waals surface area contributed by atoms with E-state index in [0.29, 0.717) is 6.54 Å². The van der Waals surface area contributed by atoms with Crippen molar-refractivity contribution in [3.63, 3.8) is 0 Å². The number of nitrogen functional groups attached to an aromatic ring is 1. The Labute approximate surface area is 122 Å². The molecule has 5 N–H and O–H groups in total. The van der Waals surface area contributed by atoms with E-state index < -0.39 is 4.92 Å². The van der Waals surface area contributed by atoms with Crippen LogP contribution in [0.2, 0.25) is 0 Å². The summed E-state index contributed by atoms with van der Waals surface area (Å²) in [4.78, 5) is 22.5. The van der Waals surface area contributed by atoms with E-state index in [2.05, 4.69) is 5.32 Å². The number of hydrogen-bond acceptors (Lipinski definition) is 5. The highest BCUT2D eigenvalue weighted by Gasteiger charge is 2.26. The van der Waals surface area contributed by atoms with Crippen LogP contribution in [0.25, 0.3) is 0 Å². The quantitative estimate of drug-likeness (QED) is 0.440. The lowest BCUT2D eigenvalue weighted by molar-refractivity contribution is -0.383. The fraction of sp³-hybridized carbons (Fsp3) is 0.500. The van der Waals surface area contributed by atoms with Crippen LogP contribution in [0.3, 0.4) is 0 Å². The number of hydrogen-bond donors (Lipinski definition) is 3. The van der Waals surface area contributed by atoms with Crippen molar-refractivity contribution >= 4 is 17.3 Å². The van der Waals surface area contributed by atoms with Crippen molar-refractivity contribution in [3.05, 3.63) is 33.9 Å². The van der Waals surface area contributed by atoms with Gasteiger partial charge in [-0.1, -0.05) is 12.8 Å². The molecule has 7 nitrogen and oxygen atoms in total. The number of nitrogens with two attached hydrogens (primary N) is 2. The van der Waals surface area contributed by atoms with Gasteiger partial charge in [0.1, 0.15) is 5.69 Å². The van der Waals surface area contributed by atoms with Gasteiger partial charge in [0.15, 0.2) is 0 Å². The van der Waals surface area contributed by atoms with Crippen LogP contribution in [-0.2, 0) is 0 Å². The van der Waals surface area contributed by atoms with E-state index in [4.69, 9.17) is 11.5 Å². The highest BCUT2D eigenvalue weighted by atomic mass is 16.6. The average Bonchev–Trinajstić information content (AvgIpc) is 2.47. The molecule has 2 unspecified atom stereocenters. The summed E-state index contributed by atoms with van der Waals surface area (Å²) in [6.07, 6.45) is 4.08. The zero-order chi connectivity index (χ0) is 15.4. The summed E-state index contributed by atoms with van der Waals surface area (Å²) in [6, 6.07) is 4.13. The minimum absolute atomic E-state index is 0.0351. The fourth-order valence-electron chi connectivity index (χ4n) is 2.77. The molecule has 0 heterocycles. The lowest BCUT2D eigenvalue weighted by atomic mass is 9.84. The molecule has 1 fully saturated rings. The van der Waals surface area contributed by atoms with Crippen molar-refractivity contribution < 1.29 is 9.72 Å². The molecule has 0 aliphatic heterocycles. The Morgan fingerprint density at radius 1 is 1.38 bits per heavy atom. The highest BCUT2D eigenvalue weighted by Crippen LogP contribution is 2.25. The monoisotopic (exact) mass is 292 g/mol. The summed E-state index contributed by atoms with van der Waals surface area (Å²) >= 11 is 0. The Hall–Kier alpha value is -2.15. The molecule has 1 aliphatic carbocycles. The van der Waals surface area contributed by atoms with Gasteiger partial charge in [0.05, 0.1) is 4.92 Å². The van der Waals surface area contributed by atoms with Crippen LogP contribution in [0.5, 0.6) is 0 Å². The van der Waals surface area contributed by atoms with Crippen molar-refractivity contribution in [2.75, 3.05) is 12.3 Å². The van der Waals surface area contributed by atoms with Gasteiger partial charge in [0.25, 0.3) is 11.6 Å². The molecule has 21 heavy (non-hydrogen) atoms. The SMILES string of the molecule is NCC1CCCCC1NC(=O)c1ccc(N)c([N+](=O)[O-])c1. The van der Waals surface area contributed by atoms with Crippen LogP contribution in [0, 0.1) is 16.0 Å². The topological polar surface area (TPSA) is 124 Å². The second-order valence-electron chi connectivity index (χ2n) is 5.39. The van der Waals surface area contributed by atoms with E-state index in [1.165, 1.54) is 18.2 Å². The summed E-state index contributed by atoms with van der Waals surface area (Å²) in [5.74, 6) is -0.0464. The number of nitrogens with zero attached hydrogens (tertiary/aromatic N) is 1. The van der Waals surface area contributed by atoms with Crippen LogP contribution >= 0.6 is 0 Å². The third-order valence-corrected chi connectivity index (χ3v) is 4.02. The maximum atomic E-state index is 12.2. The first-order valence-electron chi connectivity index (χ1n) is 7.07. The second-order valence-corrected chi connectivity index (χ2v) is 5.39. The number of anilines is 1. The Kier molecular flexibility index (Phi) is 4.74. The standard InChI is InChI=1S/C14H20N4O3/c15-8-10-3-1-2-4-12(10)17-14(19)9-5-6-11(16)13(7-9)18(20)21/h5-7,10,12H,1-4,8,15-16H2,(H,17,19). The van der Waals surface area contributed by atoms with E-state index in [9.17, 15) is 14.9 Å². The molecule has 114 valence electrons. The minimum Gasteiger partial charge on any atom is -0.393 e. The number of carbonyl (C=O) groups is 1. The van der Waals surface area contributed by atoms with Gasteiger partial charge in [-0.05, 0) is 37.4 Å². The number of nitro groups is 1. The van der Waals surface area contributed by atoms with Gasteiger partial charge in [0, 0.05) is 17.7 Å². The van der Waals surface area contributed by atoms with Crippen LogP contribution in [0.1, 0.15) is 36.0 Å². The molecular formula is C14H20N4O3. The minimum atomic E-state index is -0.588. The molecule has 1 amide bonds. The Bertz CT molecular complexity index is 547. The predicted octanol–water partition coefficient (Wildman–Crippen LogP) is 1.42. The van der Waals surface area contributed by atoms with Crippen molar-refractivity contribution in [1.82, 2.24) is 5.32 Å². The van der Waals surface area contributed by atoms with Gasteiger partial charge in [0.2, 0.25) is 0 Å². The molecule has 2 rings (SSSR count). The maximum absolute atomic E-state index is 12.2. The molecule has 0 aromatic heterocycles. The number of nitrogens with one attached hydrogen (secondary N) is 1. The summed E-state index contributed by atoms with van der Waals surface area (Å²) < 4.78 is 0. The van der Waals surface area contributed by atoms with Crippen molar-refractivity contribution in [2.24, 2.45) is 11.7 Å². The first-order chi connectivity index (χ1) is 10.0. The summed E-state index contributed by atoms with van der Waals surface area (Å²) in [6.45, 7) is 0.535. The lowest BCUT2D eigenvalue weighted by Gasteiger charge is -2.31. The van der Waals surface area contributed by atoms with E-state index in [1.54, 1.807) is 0 Å². The Morgan fingerprint density at radius 3 is 2.76 bits per heavy atom. The third-order valence-electron chi connectivity index (χ3n) is 4.02. The lowest BCUT2D eigenvalue weighted by Crippen LogP contribution is -2.44. The molecule has 0 spiro atoms. The molecule has 1 saturated carbocycles. The average molecular weight is 292 g/mol. The smallest absolute Gasteiger partial charge is 0.292 e. The third kappa shape index (κ3) is 3.49. The number of benzene rings is 1. The normalized spacial score (nSPS) is 21.8. The van der Waals surface area contributed by atoms with Gasteiger partial charge < -0.3 is 16.8 Å². The van der Waals surface area contributed by atoms with Gasteiger partial charge >= 0.3 is 0 Å². The molecule has 0 saturated heterocycles. The first-order valence-corrected chi connectivity index (χ1v) is 7.07. The fourth-order valence-corrected chi connectivity index (χ4v) is 2.77. The van der Waals surface area contributed by atoms with E-state index >= 15 is 0 Å².